The maximum Gasteiger partial charge on any atom is 0.251 e. The lowest BCUT2D eigenvalue weighted by atomic mass is 10.0. The van der Waals surface area contributed by atoms with Gasteiger partial charge in [-0.15, -0.1) is 0 Å². The highest BCUT2D eigenvalue weighted by Crippen LogP contribution is 2.26. The molecule has 1 N–H and O–H groups in total. The van der Waals surface area contributed by atoms with Gasteiger partial charge in [0.1, 0.15) is 5.75 Å². The van der Waals surface area contributed by atoms with Crippen LogP contribution in [0.15, 0.2) is 48.5 Å². The molecule has 0 aliphatic carbocycles. The summed E-state index contributed by atoms with van der Waals surface area (Å²) in [5, 5.41) is 3.15. The second kappa shape index (κ2) is 11.0. The van der Waals surface area contributed by atoms with Crippen molar-refractivity contribution in [3.63, 3.8) is 0 Å². The number of carbonyl (C=O) groups is 1. The molecule has 1 aliphatic rings. The molecule has 0 bridgehead atoms. The third-order valence-electron chi connectivity index (χ3n) is 5.71. The van der Waals surface area contributed by atoms with Crippen molar-refractivity contribution in [2.45, 2.75) is 38.6 Å². The van der Waals surface area contributed by atoms with E-state index in [0.717, 1.165) is 31.7 Å². The monoisotopic (exact) mass is 409 g/mol. The maximum absolute atomic E-state index is 12.7. The second-order valence-corrected chi connectivity index (χ2v) is 8.18. The molecular weight excluding hydrogens is 374 g/mol. The number of nitrogens with one attached hydrogen (secondary N) is 1. The van der Waals surface area contributed by atoms with E-state index in [9.17, 15) is 4.79 Å². The number of anilines is 1. The van der Waals surface area contributed by atoms with Crippen LogP contribution in [0, 0.1) is 0 Å². The van der Waals surface area contributed by atoms with Crippen molar-refractivity contribution < 1.29 is 9.53 Å². The van der Waals surface area contributed by atoms with Gasteiger partial charge in [0.05, 0.1) is 12.6 Å². The Labute approximate surface area is 181 Å². The minimum absolute atomic E-state index is 0.0378. The quantitative estimate of drug-likeness (QED) is 0.587. The van der Waals surface area contributed by atoms with Gasteiger partial charge in [-0.05, 0) is 74.3 Å². The molecule has 2 aromatic rings. The molecule has 30 heavy (non-hydrogen) atoms. The van der Waals surface area contributed by atoms with Gasteiger partial charge in [0.2, 0.25) is 0 Å². The van der Waals surface area contributed by atoms with Gasteiger partial charge in [-0.3, -0.25) is 9.69 Å². The van der Waals surface area contributed by atoms with Crippen LogP contribution in [-0.2, 0) is 0 Å². The molecule has 1 aliphatic heterocycles. The first-order valence-electron chi connectivity index (χ1n) is 11.1. The zero-order valence-corrected chi connectivity index (χ0v) is 18.6. The number of nitrogens with zero attached hydrogens (tertiary/aromatic N) is 2. The molecule has 2 aromatic carbocycles. The fourth-order valence-corrected chi connectivity index (χ4v) is 3.83. The molecule has 0 radical (unpaired) electrons. The van der Waals surface area contributed by atoms with E-state index < -0.39 is 0 Å². The van der Waals surface area contributed by atoms with E-state index in [2.05, 4.69) is 46.3 Å². The molecule has 1 unspecified atom stereocenters. The standard InChI is InChI=1S/C25H35N3O2/c1-4-5-18-30-23-14-10-21(11-15-23)25(29)26-19-24(28-16-6-7-17-28)20-8-12-22(13-9-20)27(2)3/h8-15,24H,4-7,16-19H2,1-3H3,(H,26,29). The van der Waals surface area contributed by atoms with Crippen LogP contribution in [0.3, 0.4) is 0 Å². The topological polar surface area (TPSA) is 44.8 Å². The van der Waals surface area contributed by atoms with Crippen LogP contribution in [0.5, 0.6) is 5.75 Å². The summed E-state index contributed by atoms with van der Waals surface area (Å²) >= 11 is 0. The Morgan fingerprint density at radius 1 is 1.07 bits per heavy atom. The highest BCUT2D eigenvalue weighted by atomic mass is 16.5. The van der Waals surface area contributed by atoms with Crippen LogP contribution in [0.1, 0.15) is 54.6 Å². The fraction of sp³-hybridized carbons (Fsp3) is 0.480. The highest BCUT2D eigenvalue weighted by molar-refractivity contribution is 5.94. The minimum Gasteiger partial charge on any atom is -0.494 e. The third kappa shape index (κ3) is 5.99. The zero-order valence-electron chi connectivity index (χ0n) is 18.6. The van der Waals surface area contributed by atoms with Gasteiger partial charge in [0.15, 0.2) is 0 Å². The van der Waals surface area contributed by atoms with Crippen molar-refractivity contribution in [2.75, 3.05) is 45.2 Å². The molecule has 1 heterocycles. The molecule has 162 valence electrons. The second-order valence-electron chi connectivity index (χ2n) is 8.18. The number of carbonyl (C=O) groups excluding carboxylic acids is 1. The molecule has 0 saturated carbocycles. The van der Waals surface area contributed by atoms with Gasteiger partial charge in [-0.1, -0.05) is 25.5 Å². The van der Waals surface area contributed by atoms with E-state index in [4.69, 9.17) is 4.74 Å². The summed E-state index contributed by atoms with van der Waals surface area (Å²) in [5.74, 6) is 0.778. The Bertz CT molecular complexity index is 781. The molecule has 1 fully saturated rings. The average molecular weight is 410 g/mol. The highest BCUT2D eigenvalue weighted by Gasteiger charge is 2.24. The number of benzene rings is 2. The van der Waals surface area contributed by atoms with E-state index in [1.807, 2.05) is 38.4 Å². The lowest BCUT2D eigenvalue weighted by Gasteiger charge is -2.28. The predicted octanol–water partition coefficient (Wildman–Crippen LogP) is 4.50. The number of amides is 1. The largest absolute Gasteiger partial charge is 0.494 e. The minimum atomic E-state index is -0.0378. The summed E-state index contributed by atoms with van der Waals surface area (Å²) in [5.41, 5.74) is 3.10. The van der Waals surface area contributed by atoms with Crippen molar-refractivity contribution >= 4 is 11.6 Å². The number of likely N-dealkylation sites (tertiary alicyclic amines) is 1. The van der Waals surface area contributed by atoms with Crippen molar-refractivity contribution in [3.05, 3.63) is 59.7 Å². The normalized spacial score (nSPS) is 15.0. The van der Waals surface area contributed by atoms with Crippen LogP contribution < -0.4 is 15.0 Å². The van der Waals surface area contributed by atoms with Crippen molar-refractivity contribution in [1.29, 1.82) is 0 Å². The van der Waals surface area contributed by atoms with Gasteiger partial charge in [-0.2, -0.15) is 0 Å². The van der Waals surface area contributed by atoms with Crippen LogP contribution in [0.25, 0.3) is 0 Å². The zero-order chi connectivity index (χ0) is 21.3. The fourth-order valence-electron chi connectivity index (χ4n) is 3.83. The molecule has 1 amide bonds. The van der Waals surface area contributed by atoms with E-state index in [-0.39, 0.29) is 11.9 Å². The first-order valence-corrected chi connectivity index (χ1v) is 11.1. The molecule has 1 atom stereocenters. The molecular formula is C25H35N3O2. The summed E-state index contributed by atoms with van der Waals surface area (Å²) < 4.78 is 5.69. The SMILES string of the molecule is CCCCOc1ccc(C(=O)NCC(c2ccc(N(C)C)cc2)N2CCCC2)cc1. The predicted molar refractivity (Wildman–Crippen MR) is 123 cm³/mol. The van der Waals surface area contributed by atoms with Crippen LogP contribution >= 0.6 is 0 Å². The Balaban J connectivity index is 1.62. The third-order valence-corrected chi connectivity index (χ3v) is 5.71. The van der Waals surface area contributed by atoms with Crippen LogP contribution in [0.4, 0.5) is 5.69 Å². The summed E-state index contributed by atoms with van der Waals surface area (Å²) in [4.78, 5) is 17.3. The number of ether oxygens (including phenoxy) is 1. The Morgan fingerprint density at radius 2 is 1.73 bits per heavy atom. The Morgan fingerprint density at radius 3 is 2.33 bits per heavy atom. The maximum atomic E-state index is 12.7. The molecule has 5 nitrogen and oxygen atoms in total. The van der Waals surface area contributed by atoms with E-state index in [1.54, 1.807) is 0 Å². The smallest absolute Gasteiger partial charge is 0.251 e. The van der Waals surface area contributed by atoms with Crippen LogP contribution in [-0.4, -0.2) is 51.1 Å². The molecule has 3 rings (SSSR count). The van der Waals surface area contributed by atoms with Gasteiger partial charge in [0, 0.05) is 31.9 Å². The average Bonchev–Trinajstić information content (AvgIpc) is 3.29. The summed E-state index contributed by atoms with van der Waals surface area (Å²) in [6.45, 7) is 5.63. The number of rotatable bonds is 10. The molecule has 0 spiro atoms. The number of hydrogen-bond acceptors (Lipinski definition) is 4. The summed E-state index contributed by atoms with van der Waals surface area (Å²) in [6, 6.07) is 16.3. The Kier molecular flexibility index (Phi) is 8.14. The number of unbranched alkanes of at least 4 members (excludes halogenated alkanes) is 1. The van der Waals surface area contributed by atoms with Crippen molar-refractivity contribution in [1.82, 2.24) is 10.2 Å². The first kappa shape index (κ1) is 22.2. The van der Waals surface area contributed by atoms with Crippen LogP contribution in [0.2, 0.25) is 0 Å². The lowest BCUT2D eigenvalue weighted by Crippen LogP contribution is -2.36. The van der Waals surface area contributed by atoms with E-state index in [0.29, 0.717) is 18.7 Å². The first-order chi connectivity index (χ1) is 14.6. The Hall–Kier alpha value is -2.53. The van der Waals surface area contributed by atoms with E-state index >= 15 is 0 Å². The van der Waals surface area contributed by atoms with Crippen molar-refractivity contribution in [3.8, 4) is 5.75 Å². The molecule has 0 aromatic heterocycles. The lowest BCUT2D eigenvalue weighted by molar-refractivity contribution is 0.0938. The van der Waals surface area contributed by atoms with Gasteiger partial charge in [0.25, 0.3) is 5.91 Å². The van der Waals surface area contributed by atoms with Gasteiger partial charge >= 0.3 is 0 Å². The molecule has 5 heteroatoms. The molecule has 1 saturated heterocycles. The van der Waals surface area contributed by atoms with Gasteiger partial charge in [-0.25, -0.2) is 0 Å². The van der Waals surface area contributed by atoms with Crippen molar-refractivity contribution in [2.24, 2.45) is 0 Å². The van der Waals surface area contributed by atoms with Gasteiger partial charge < -0.3 is 15.0 Å². The van der Waals surface area contributed by atoms with E-state index in [1.165, 1.54) is 24.1 Å². The number of hydrogen-bond donors (Lipinski definition) is 1. The summed E-state index contributed by atoms with van der Waals surface area (Å²) in [6.07, 6.45) is 4.59. The summed E-state index contributed by atoms with van der Waals surface area (Å²) in [7, 11) is 4.10.